The summed E-state index contributed by atoms with van der Waals surface area (Å²) in [6.45, 7) is 4.21. The Morgan fingerprint density at radius 1 is 1.16 bits per heavy atom. The fraction of sp³-hybridized carbons (Fsp3) is 0.500. The number of carbonyl (C=O) groups excluding carboxylic acids is 3. The number of primary amides is 1. The van der Waals surface area contributed by atoms with E-state index in [9.17, 15) is 14.4 Å². The molecular formula is C18H28N4O3. The lowest BCUT2D eigenvalue weighted by atomic mass is 10.0. The second-order valence-electron chi connectivity index (χ2n) is 6.09. The lowest BCUT2D eigenvalue weighted by Crippen LogP contribution is -2.51. The van der Waals surface area contributed by atoms with Crippen LogP contribution < -0.4 is 22.1 Å². The van der Waals surface area contributed by atoms with E-state index in [0.29, 0.717) is 19.4 Å². The highest BCUT2D eigenvalue weighted by molar-refractivity contribution is 5.90. The van der Waals surface area contributed by atoms with Crippen molar-refractivity contribution in [2.24, 2.45) is 11.5 Å². The highest BCUT2D eigenvalue weighted by atomic mass is 16.2. The number of amides is 3. The fourth-order valence-electron chi connectivity index (χ4n) is 2.45. The Kier molecular flexibility index (Phi) is 8.63. The number of nitrogens with one attached hydrogen (secondary N) is 2. The lowest BCUT2D eigenvalue weighted by Gasteiger charge is -2.20. The van der Waals surface area contributed by atoms with Gasteiger partial charge in [-0.15, -0.1) is 0 Å². The van der Waals surface area contributed by atoms with E-state index in [0.717, 1.165) is 11.1 Å². The van der Waals surface area contributed by atoms with Crippen LogP contribution in [-0.2, 0) is 20.8 Å². The average molecular weight is 348 g/mol. The summed E-state index contributed by atoms with van der Waals surface area (Å²) >= 11 is 0. The quantitative estimate of drug-likeness (QED) is 0.479. The number of hydrogen-bond acceptors (Lipinski definition) is 4. The number of carbonyl (C=O) groups is 3. The van der Waals surface area contributed by atoms with Crippen LogP contribution in [0.4, 0.5) is 0 Å². The fourth-order valence-corrected chi connectivity index (χ4v) is 2.45. The Morgan fingerprint density at radius 3 is 2.48 bits per heavy atom. The van der Waals surface area contributed by atoms with Crippen LogP contribution in [0.1, 0.15) is 37.3 Å². The van der Waals surface area contributed by atoms with E-state index in [4.69, 9.17) is 11.5 Å². The van der Waals surface area contributed by atoms with Gasteiger partial charge >= 0.3 is 0 Å². The van der Waals surface area contributed by atoms with E-state index in [1.807, 2.05) is 25.1 Å². The molecule has 0 aliphatic heterocycles. The van der Waals surface area contributed by atoms with Crippen molar-refractivity contribution in [1.82, 2.24) is 10.6 Å². The summed E-state index contributed by atoms with van der Waals surface area (Å²) in [4.78, 5) is 35.2. The number of likely N-dealkylation sites (N-methyl/N-ethyl adjacent to an activating group) is 1. The van der Waals surface area contributed by atoms with Crippen LogP contribution in [0, 0.1) is 6.92 Å². The Morgan fingerprint density at radius 2 is 1.88 bits per heavy atom. The highest BCUT2D eigenvalue weighted by Gasteiger charge is 2.23. The van der Waals surface area contributed by atoms with Gasteiger partial charge in [0.05, 0.1) is 6.04 Å². The van der Waals surface area contributed by atoms with E-state index < -0.39 is 23.9 Å². The molecule has 7 heteroatoms. The third-order valence-corrected chi connectivity index (χ3v) is 3.83. The van der Waals surface area contributed by atoms with Crippen molar-refractivity contribution in [3.8, 4) is 0 Å². The molecule has 6 N–H and O–H groups in total. The molecule has 25 heavy (non-hydrogen) atoms. The molecule has 3 amide bonds. The van der Waals surface area contributed by atoms with Crippen molar-refractivity contribution in [2.45, 2.75) is 51.6 Å². The molecule has 1 aromatic carbocycles. The maximum Gasteiger partial charge on any atom is 0.242 e. The average Bonchev–Trinajstić information content (AvgIpc) is 2.56. The molecule has 0 radical (unpaired) electrons. The summed E-state index contributed by atoms with van der Waals surface area (Å²) in [5, 5.41) is 5.25. The van der Waals surface area contributed by atoms with Gasteiger partial charge in [-0.3, -0.25) is 14.4 Å². The molecule has 2 atom stereocenters. The Hall–Kier alpha value is -2.41. The lowest BCUT2D eigenvalue weighted by molar-refractivity contribution is -0.130. The van der Waals surface area contributed by atoms with Crippen LogP contribution in [-0.4, -0.2) is 36.3 Å². The first-order valence-electron chi connectivity index (χ1n) is 8.51. The Balaban J connectivity index is 2.58. The van der Waals surface area contributed by atoms with Gasteiger partial charge in [0.15, 0.2) is 0 Å². The minimum atomic E-state index is -0.815. The largest absolute Gasteiger partial charge is 0.370 e. The molecule has 0 saturated carbocycles. The smallest absolute Gasteiger partial charge is 0.242 e. The summed E-state index contributed by atoms with van der Waals surface area (Å²) in [5.41, 5.74) is 13.3. The van der Waals surface area contributed by atoms with Gasteiger partial charge in [0, 0.05) is 13.0 Å². The molecule has 0 unspecified atom stereocenters. The van der Waals surface area contributed by atoms with E-state index >= 15 is 0 Å². The van der Waals surface area contributed by atoms with Gasteiger partial charge in [-0.25, -0.2) is 0 Å². The standard InChI is InChI=1S/C18H28N4O3/c1-3-21-18(25)15(9-10-16(20)23)22-17(24)14(19)8-7-13-6-4-5-12(2)11-13/h4-6,11,14-15H,3,7-10,19H2,1-2H3,(H2,20,23)(H,21,25)(H,22,24)/t14-,15-/m0/s1. The zero-order chi connectivity index (χ0) is 18.8. The van der Waals surface area contributed by atoms with Crippen LogP contribution >= 0.6 is 0 Å². The number of nitrogens with two attached hydrogens (primary N) is 2. The van der Waals surface area contributed by atoms with Crippen molar-refractivity contribution >= 4 is 17.7 Å². The van der Waals surface area contributed by atoms with Crippen molar-refractivity contribution < 1.29 is 14.4 Å². The summed E-state index contributed by atoms with van der Waals surface area (Å²) in [7, 11) is 0. The topological polar surface area (TPSA) is 127 Å². The van der Waals surface area contributed by atoms with Crippen molar-refractivity contribution in [1.29, 1.82) is 0 Å². The number of rotatable bonds is 10. The summed E-state index contributed by atoms with van der Waals surface area (Å²) in [6.07, 6.45) is 1.30. The molecule has 0 aliphatic carbocycles. The van der Waals surface area contributed by atoms with Crippen LogP contribution in [0.25, 0.3) is 0 Å². The third kappa shape index (κ3) is 7.80. The van der Waals surface area contributed by atoms with Crippen LogP contribution in [0.5, 0.6) is 0 Å². The van der Waals surface area contributed by atoms with Crippen molar-refractivity contribution in [2.75, 3.05) is 6.54 Å². The Bertz CT molecular complexity index is 604. The molecule has 0 aromatic heterocycles. The maximum atomic E-state index is 12.3. The van der Waals surface area contributed by atoms with E-state index in [1.165, 1.54) is 0 Å². The molecule has 0 fully saturated rings. The van der Waals surface area contributed by atoms with Crippen LogP contribution in [0.2, 0.25) is 0 Å². The van der Waals surface area contributed by atoms with Gasteiger partial charge in [-0.1, -0.05) is 29.8 Å². The van der Waals surface area contributed by atoms with Crippen LogP contribution in [0.3, 0.4) is 0 Å². The Labute approximate surface area is 148 Å². The molecular weight excluding hydrogens is 320 g/mol. The summed E-state index contributed by atoms with van der Waals surface area (Å²) in [5.74, 6) is -1.27. The molecule has 0 heterocycles. The monoisotopic (exact) mass is 348 g/mol. The van der Waals surface area contributed by atoms with Crippen LogP contribution in [0.15, 0.2) is 24.3 Å². The van der Waals surface area contributed by atoms with Gasteiger partial charge in [-0.05, 0) is 38.7 Å². The second kappa shape index (κ2) is 10.5. The first-order chi connectivity index (χ1) is 11.8. The predicted molar refractivity (Wildman–Crippen MR) is 96.5 cm³/mol. The molecule has 0 bridgehead atoms. The van der Waals surface area contributed by atoms with Gasteiger partial charge < -0.3 is 22.1 Å². The number of hydrogen-bond donors (Lipinski definition) is 4. The maximum absolute atomic E-state index is 12.3. The van der Waals surface area contributed by atoms with Gasteiger partial charge in [0.2, 0.25) is 17.7 Å². The zero-order valence-electron chi connectivity index (χ0n) is 14.9. The van der Waals surface area contributed by atoms with Gasteiger partial charge in [0.1, 0.15) is 6.04 Å². The highest BCUT2D eigenvalue weighted by Crippen LogP contribution is 2.08. The molecule has 1 aromatic rings. The van der Waals surface area contributed by atoms with E-state index in [2.05, 4.69) is 16.7 Å². The normalized spacial score (nSPS) is 12.9. The SMILES string of the molecule is CCNC(=O)[C@H](CCC(N)=O)NC(=O)[C@@H](N)CCc1cccc(C)c1. The first-order valence-corrected chi connectivity index (χ1v) is 8.51. The number of benzene rings is 1. The van der Waals surface area contributed by atoms with E-state index in [1.54, 1.807) is 6.92 Å². The molecule has 0 aliphatic rings. The molecule has 7 nitrogen and oxygen atoms in total. The summed E-state index contributed by atoms with van der Waals surface area (Å²) in [6, 6.07) is 6.46. The number of aryl methyl sites for hydroxylation is 2. The molecule has 138 valence electrons. The molecule has 1 rings (SSSR count). The first kappa shape index (κ1) is 20.6. The second-order valence-corrected chi connectivity index (χ2v) is 6.09. The van der Waals surface area contributed by atoms with Crippen molar-refractivity contribution in [3.63, 3.8) is 0 Å². The van der Waals surface area contributed by atoms with Gasteiger partial charge in [-0.2, -0.15) is 0 Å². The molecule has 0 spiro atoms. The van der Waals surface area contributed by atoms with E-state index in [-0.39, 0.29) is 18.7 Å². The third-order valence-electron chi connectivity index (χ3n) is 3.83. The summed E-state index contributed by atoms with van der Waals surface area (Å²) < 4.78 is 0. The molecule has 0 saturated heterocycles. The minimum absolute atomic E-state index is 0.0145. The predicted octanol–water partition coefficient (Wildman–Crippen LogP) is 0.141. The van der Waals surface area contributed by atoms with Crippen molar-refractivity contribution in [3.05, 3.63) is 35.4 Å². The zero-order valence-corrected chi connectivity index (χ0v) is 14.9. The minimum Gasteiger partial charge on any atom is -0.370 e. The van der Waals surface area contributed by atoms with Gasteiger partial charge in [0.25, 0.3) is 0 Å².